The van der Waals surface area contributed by atoms with Gasteiger partial charge in [-0.3, -0.25) is 4.79 Å². The summed E-state index contributed by atoms with van der Waals surface area (Å²) >= 11 is 0. The third-order valence-electron chi connectivity index (χ3n) is 2.25. The van der Waals surface area contributed by atoms with Gasteiger partial charge in [-0.1, -0.05) is 0 Å². The molecule has 14 heavy (non-hydrogen) atoms. The molecule has 0 bridgehead atoms. The number of carbonyl (C=O) groups excluding carboxylic acids is 1. The van der Waals surface area contributed by atoms with Crippen molar-refractivity contribution in [3.8, 4) is 11.5 Å². The number of anilines is 1. The molecule has 0 aromatic heterocycles. The topological polar surface area (TPSA) is 49.8 Å². The summed E-state index contributed by atoms with van der Waals surface area (Å²) in [7, 11) is 1.68. The van der Waals surface area contributed by atoms with Crippen LogP contribution in [-0.2, 0) is 4.79 Å². The van der Waals surface area contributed by atoms with Gasteiger partial charge in [0.25, 0.3) is 0 Å². The first kappa shape index (κ1) is 8.87. The first-order valence-electron chi connectivity index (χ1n) is 4.41. The second-order valence-corrected chi connectivity index (χ2v) is 3.20. The molecular formula is C10H11NO3. The van der Waals surface area contributed by atoms with Gasteiger partial charge in [0.1, 0.15) is 11.5 Å². The number of hydrogen-bond donors (Lipinski definition) is 1. The van der Waals surface area contributed by atoms with Gasteiger partial charge in [0, 0.05) is 13.1 Å². The van der Waals surface area contributed by atoms with Crippen molar-refractivity contribution in [3.05, 3.63) is 18.2 Å². The number of carbonyl (C=O) groups is 1. The molecule has 1 amide bonds. The van der Waals surface area contributed by atoms with Gasteiger partial charge in [-0.25, -0.2) is 0 Å². The van der Waals surface area contributed by atoms with Crippen molar-refractivity contribution in [2.75, 3.05) is 18.6 Å². The summed E-state index contributed by atoms with van der Waals surface area (Å²) in [6.07, 6.45) is 0.367. The zero-order chi connectivity index (χ0) is 10.1. The fourth-order valence-electron chi connectivity index (χ4n) is 1.44. The number of fused-ring (bicyclic) bond motifs is 1. The summed E-state index contributed by atoms with van der Waals surface area (Å²) in [5.41, 5.74) is 0.618. The molecule has 2 rings (SSSR count). The standard InChI is InChI=1S/C10H11NO3/c1-11-8-6-7(12)2-3-9(8)14-5-4-10(11)13/h2-3,6,12H,4-5H2,1H3. The number of phenolic OH excluding ortho intramolecular Hbond substituents is 1. The molecule has 1 heterocycles. The van der Waals surface area contributed by atoms with E-state index in [1.54, 1.807) is 19.2 Å². The third kappa shape index (κ3) is 1.39. The second-order valence-electron chi connectivity index (χ2n) is 3.20. The number of nitrogens with zero attached hydrogens (tertiary/aromatic N) is 1. The van der Waals surface area contributed by atoms with Crippen molar-refractivity contribution in [3.63, 3.8) is 0 Å². The van der Waals surface area contributed by atoms with Crippen molar-refractivity contribution in [2.24, 2.45) is 0 Å². The van der Waals surface area contributed by atoms with Crippen molar-refractivity contribution in [1.29, 1.82) is 0 Å². The Balaban J connectivity index is 2.49. The molecule has 0 radical (unpaired) electrons. The SMILES string of the molecule is CN1C(=O)CCOc2ccc(O)cc21. The van der Waals surface area contributed by atoms with Crippen LogP contribution in [0.4, 0.5) is 5.69 Å². The minimum Gasteiger partial charge on any atom is -0.508 e. The van der Waals surface area contributed by atoms with Crippen molar-refractivity contribution < 1.29 is 14.6 Å². The van der Waals surface area contributed by atoms with E-state index in [4.69, 9.17) is 4.74 Å². The first-order valence-corrected chi connectivity index (χ1v) is 4.41. The Labute approximate surface area is 81.7 Å². The molecule has 74 valence electrons. The van der Waals surface area contributed by atoms with Crippen LogP contribution in [-0.4, -0.2) is 24.7 Å². The van der Waals surface area contributed by atoms with Crippen LogP contribution in [0.25, 0.3) is 0 Å². The summed E-state index contributed by atoms with van der Waals surface area (Å²) in [4.78, 5) is 13.0. The van der Waals surface area contributed by atoms with Gasteiger partial charge in [0.15, 0.2) is 0 Å². The van der Waals surface area contributed by atoms with Crippen LogP contribution in [0, 0.1) is 0 Å². The number of ether oxygens (including phenoxy) is 1. The van der Waals surface area contributed by atoms with E-state index < -0.39 is 0 Å². The lowest BCUT2D eigenvalue weighted by Gasteiger charge is -2.15. The normalized spacial score (nSPS) is 15.8. The minimum atomic E-state index is -0.00523. The van der Waals surface area contributed by atoms with E-state index in [1.807, 2.05) is 0 Å². The quantitative estimate of drug-likeness (QED) is 0.672. The van der Waals surface area contributed by atoms with Gasteiger partial charge in [-0.15, -0.1) is 0 Å². The Kier molecular flexibility index (Phi) is 2.04. The molecule has 0 unspecified atom stereocenters. The summed E-state index contributed by atoms with van der Waals surface area (Å²) in [5.74, 6) is 0.763. The van der Waals surface area contributed by atoms with Gasteiger partial charge < -0.3 is 14.7 Å². The van der Waals surface area contributed by atoms with Crippen LogP contribution < -0.4 is 9.64 Å². The van der Waals surface area contributed by atoms with Crippen molar-refractivity contribution in [2.45, 2.75) is 6.42 Å². The summed E-state index contributed by atoms with van der Waals surface area (Å²) in [6, 6.07) is 4.74. The number of hydrogen-bond acceptors (Lipinski definition) is 3. The summed E-state index contributed by atoms with van der Waals surface area (Å²) in [6.45, 7) is 0.390. The second kappa shape index (κ2) is 3.21. The van der Waals surface area contributed by atoms with Crippen LogP contribution in [0.3, 0.4) is 0 Å². The minimum absolute atomic E-state index is 0.00523. The summed E-state index contributed by atoms with van der Waals surface area (Å²) in [5, 5.41) is 9.29. The highest BCUT2D eigenvalue weighted by atomic mass is 16.5. The van der Waals surface area contributed by atoms with Gasteiger partial charge in [-0.05, 0) is 12.1 Å². The molecule has 0 aliphatic carbocycles. The number of phenols is 1. The van der Waals surface area contributed by atoms with Gasteiger partial charge in [0.05, 0.1) is 18.7 Å². The molecule has 1 aromatic rings. The third-order valence-corrected chi connectivity index (χ3v) is 2.25. The van der Waals surface area contributed by atoms with E-state index in [2.05, 4.69) is 0 Å². The van der Waals surface area contributed by atoms with Gasteiger partial charge in [-0.2, -0.15) is 0 Å². The molecule has 0 spiro atoms. The Bertz CT molecular complexity index is 376. The first-order chi connectivity index (χ1) is 6.68. The predicted octanol–water partition coefficient (Wildman–Crippen LogP) is 1.14. The van der Waals surface area contributed by atoms with Crippen molar-refractivity contribution in [1.82, 2.24) is 0 Å². The van der Waals surface area contributed by atoms with Gasteiger partial charge in [0.2, 0.25) is 5.91 Å². The molecular weight excluding hydrogens is 182 g/mol. The van der Waals surface area contributed by atoms with Crippen LogP contribution >= 0.6 is 0 Å². The molecule has 1 aliphatic rings. The van der Waals surface area contributed by atoms with E-state index in [9.17, 15) is 9.90 Å². The number of benzene rings is 1. The van der Waals surface area contributed by atoms with E-state index in [0.29, 0.717) is 24.5 Å². The van der Waals surface area contributed by atoms with Crippen molar-refractivity contribution >= 4 is 11.6 Å². The number of rotatable bonds is 0. The molecule has 0 saturated carbocycles. The lowest BCUT2D eigenvalue weighted by molar-refractivity contribution is -0.118. The van der Waals surface area contributed by atoms with Gasteiger partial charge >= 0.3 is 0 Å². The van der Waals surface area contributed by atoms with Crippen LogP contribution in [0.1, 0.15) is 6.42 Å². The maximum absolute atomic E-state index is 11.5. The predicted molar refractivity (Wildman–Crippen MR) is 51.6 cm³/mol. The Morgan fingerprint density at radius 3 is 3.07 bits per heavy atom. The maximum atomic E-state index is 11.5. The Hall–Kier alpha value is -1.71. The molecule has 0 fully saturated rings. The molecule has 0 atom stereocenters. The highest BCUT2D eigenvalue weighted by molar-refractivity contribution is 5.95. The maximum Gasteiger partial charge on any atom is 0.230 e. The lowest BCUT2D eigenvalue weighted by Crippen LogP contribution is -2.25. The van der Waals surface area contributed by atoms with E-state index in [0.717, 1.165) is 0 Å². The van der Waals surface area contributed by atoms with E-state index in [-0.39, 0.29) is 11.7 Å². The molecule has 1 N–H and O–H groups in total. The average Bonchev–Trinajstić information content (AvgIpc) is 2.30. The highest BCUT2D eigenvalue weighted by Gasteiger charge is 2.19. The monoisotopic (exact) mass is 193 g/mol. The largest absolute Gasteiger partial charge is 0.508 e. The smallest absolute Gasteiger partial charge is 0.230 e. The summed E-state index contributed by atoms with van der Waals surface area (Å²) < 4.78 is 5.37. The Morgan fingerprint density at radius 2 is 2.29 bits per heavy atom. The Morgan fingerprint density at radius 1 is 1.50 bits per heavy atom. The zero-order valence-corrected chi connectivity index (χ0v) is 7.86. The molecule has 1 aromatic carbocycles. The number of aromatic hydroxyl groups is 1. The lowest BCUT2D eigenvalue weighted by atomic mass is 10.2. The molecule has 4 heteroatoms. The molecule has 0 saturated heterocycles. The average molecular weight is 193 g/mol. The fraction of sp³-hybridized carbons (Fsp3) is 0.300. The van der Waals surface area contributed by atoms with Crippen LogP contribution in [0.5, 0.6) is 11.5 Å². The van der Waals surface area contributed by atoms with Crippen LogP contribution in [0.2, 0.25) is 0 Å². The number of amides is 1. The van der Waals surface area contributed by atoms with E-state index >= 15 is 0 Å². The van der Waals surface area contributed by atoms with Crippen LogP contribution in [0.15, 0.2) is 18.2 Å². The fourth-order valence-corrected chi connectivity index (χ4v) is 1.44. The molecule has 4 nitrogen and oxygen atoms in total. The van der Waals surface area contributed by atoms with E-state index in [1.165, 1.54) is 11.0 Å². The zero-order valence-electron chi connectivity index (χ0n) is 7.86. The molecule has 1 aliphatic heterocycles. The highest BCUT2D eigenvalue weighted by Crippen LogP contribution is 2.33.